The number of anilines is 4. The van der Waals surface area contributed by atoms with Crippen molar-refractivity contribution in [3.8, 4) is 11.3 Å². The molecule has 3 aliphatic rings. The molecule has 0 saturated carbocycles. The first kappa shape index (κ1) is 42.4. The smallest absolute Gasteiger partial charge is 0.255 e. The molecule has 0 aliphatic carbocycles. The van der Waals surface area contributed by atoms with Crippen molar-refractivity contribution in [3.05, 3.63) is 125 Å². The van der Waals surface area contributed by atoms with Gasteiger partial charge >= 0.3 is 0 Å². The fraction of sp³-hybridized carbons (Fsp3) is 0.298. The van der Waals surface area contributed by atoms with Gasteiger partial charge in [0.25, 0.3) is 11.8 Å². The Labute approximate surface area is 364 Å². The van der Waals surface area contributed by atoms with E-state index in [9.17, 15) is 28.8 Å². The second-order valence-corrected chi connectivity index (χ2v) is 16.0. The maximum absolute atomic E-state index is 13.2. The SMILES string of the molecule is Cc1ccc(NC(=O)c2ccc(CN3CCN(C(=O)CCCCC(=O)Nc4cccc5c4CN(C4CCC(=O)NC4=O)C5=O)CC3)cc2)cc1Nc1nccc(-c2cccnc2)n1. The Morgan fingerprint density at radius 2 is 1.65 bits per heavy atom. The third kappa shape index (κ3) is 10.2. The van der Waals surface area contributed by atoms with Crippen LogP contribution >= 0.6 is 0 Å². The number of aryl methyl sites for hydroxylation is 1. The van der Waals surface area contributed by atoms with Gasteiger partial charge in [-0.05, 0) is 91.9 Å². The molecule has 0 bridgehead atoms. The molecule has 322 valence electrons. The van der Waals surface area contributed by atoms with Crippen LogP contribution in [0.25, 0.3) is 11.3 Å². The molecule has 2 saturated heterocycles. The van der Waals surface area contributed by atoms with Crippen LogP contribution in [-0.4, -0.2) is 97.3 Å². The van der Waals surface area contributed by atoms with E-state index in [0.29, 0.717) is 72.9 Å². The van der Waals surface area contributed by atoms with E-state index in [4.69, 9.17) is 0 Å². The highest BCUT2D eigenvalue weighted by Gasteiger charge is 2.40. The summed E-state index contributed by atoms with van der Waals surface area (Å²) in [6.07, 6.45) is 7.25. The standard InChI is InChI=1S/C47H48N10O6/c1-30-11-16-34(26-39(30)53-47-49-21-19-37(52-47)33-6-5-20-48-27-33)50-44(61)32-14-12-31(13-15-32)28-55-22-24-56(25-23-55)43(60)10-3-2-9-41(58)51-38-8-4-7-35-36(38)29-57(46(35)63)40-17-18-42(59)54-45(40)62/h4-8,11-16,19-21,26-27,40H,2-3,9-10,17-18,22-25,28-29H2,1H3,(H,50,61)(H,51,58)(H,49,52,53)(H,54,59,62). The lowest BCUT2D eigenvalue weighted by Gasteiger charge is -2.35. The monoisotopic (exact) mass is 848 g/mol. The number of aromatic nitrogens is 3. The van der Waals surface area contributed by atoms with E-state index in [1.54, 1.807) is 36.8 Å². The molecule has 1 unspecified atom stereocenters. The fourth-order valence-corrected chi connectivity index (χ4v) is 8.06. The van der Waals surface area contributed by atoms with Gasteiger partial charge in [0.05, 0.1) is 5.69 Å². The highest BCUT2D eigenvalue weighted by Crippen LogP contribution is 2.33. The van der Waals surface area contributed by atoms with E-state index in [0.717, 1.165) is 41.2 Å². The number of hydrogen-bond acceptors (Lipinski definition) is 11. The molecule has 1 atom stereocenters. The first-order chi connectivity index (χ1) is 30.6. The molecule has 16 nitrogen and oxygen atoms in total. The van der Waals surface area contributed by atoms with Crippen LogP contribution in [0, 0.1) is 6.92 Å². The van der Waals surface area contributed by atoms with Gasteiger partial charge in [0.2, 0.25) is 29.6 Å². The third-order valence-corrected chi connectivity index (χ3v) is 11.6. The number of carbonyl (C=O) groups excluding carboxylic acids is 6. The summed E-state index contributed by atoms with van der Waals surface area (Å²) in [5, 5.41) is 11.5. The van der Waals surface area contributed by atoms with Crippen LogP contribution in [0.1, 0.15) is 75.9 Å². The van der Waals surface area contributed by atoms with Gasteiger partial charge < -0.3 is 25.8 Å². The lowest BCUT2D eigenvalue weighted by molar-refractivity contribution is -0.137. The quantitative estimate of drug-likeness (QED) is 0.0819. The Balaban J connectivity index is 0.743. The summed E-state index contributed by atoms with van der Waals surface area (Å²) in [6.45, 7) is 5.51. The van der Waals surface area contributed by atoms with Gasteiger partial charge in [0.15, 0.2) is 0 Å². The zero-order chi connectivity index (χ0) is 43.9. The van der Waals surface area contributed by atoms with Crippen molar-refractivity contribution in [1.29, 1.82) is 0 Å². The molecule has 5 heterocycles. The normalized spacial score (nSPS) is 16.3. The topological polar surface area (TPSA) is 199 Å². The minimum atomic E-state index is -0.734. The van der Waals surface area contributed by atoms with Gasteiger partial charge in [-0.3, -0.25) is 44.0 Å². The van der Waals surface area contributed by atoms with Crippen molar-refractivity contribution in [2.45, 2.75) is 64.6 Å². The van der Waals surface area contributed by atoms with Gasteiger partial charge in [-0.15, -0.1) is 0 Å². The summed E-state index contributed by atoms with van der Waals surface area (Å²) in [6, 6.07) is 23.2. The summed E-state index contributed by atoms with van der Waals surface area (Å²) in [7, 11) is 0. The summed E-state index contributed by atoms with van der Waals surface area (Å²) >= 11 is 0. The molecule has 6 amide bonds. The number of piperidine rings is 1. The first-order valence-corrected chi connectivity index (χ1v) is 21.2. The number of fused-ring (bicyclic) bond motifs is 1. The van der Waals surface area contributed by atoms with E-state index in [1.807, 2.05) is 72.5 Å². The number of hydrogen-bond donors (Lipinski definition) is 4. The molecule has 3 aliphatic heterocycles. The Morgan fingerprint density at radius 1 is 0.841 bits per heavy atom. The van der Waals surface area contributed by atoms with Crippen LogP contribution < -0.4 is 21.3 Å². The van der Waals surface area contributed by atoms with Crippen molar-refractivity contribution in [2.24, 2.45) is 0 Å². The van der Waals surface area contributed by atoms with Gasteiger partial charge in [0, 0.05) is 116 Å². The van der Waals surface area contributed by atoms with Crippen molar-refractivity contribution in [2.75, 3.05) is 42.1 Å². The number of carbonyl (C=O) groups is 6. The number of imide groups is 1. The van der Waals surface area contributed by atoms with Crippen molar-refractivity contribution >= 4 is 58.5 Å². The second-order valence-electron chi connectivity index (χ2n) is 16.0. The molecule has 2 fully saturated rings. The van der Waals surface area contributed by atoms with E-state index in [-0.39, 0.29) is 55.3 Å². The van der Waals surface area contributed by atoms with Crippen molar-refractivity contribution in [1.82, 2.24) is 35.0 Å². The maximum Gasteiger partial charge on any atom is 0.255 e. The molecular formula is C47H48N10O6. The number of benzene rings is 3. The van der Waals surface area contributed by atoms with Crippen molar-refractivity contribution in [3.63, 3.8) is 0 Å². The maximum atomic E-state index is 13.2. The van der Waals surface area contributed by atoms with Crippen LogP contribution in [0.3, 0.4) is 0 Å². The molecule has 0 spiro atoms. The highest BCUT2D eigenvalue weighted by molar-refractivity contribution is 6.07. The number of amides is 6. The van der Waals surface area contributed by atoms with Gasteiger partial charge in [-0.2, -0.15) is 0 Å². The van der Waals surface area contributed by atoms with Crippen LogP contribution in [0.4, 0.5) is 23.0 Å². The van der Waals surface area contributed by atoms with Crippen LogP contribution in [0.5, 0.6) is 0 Å². The van der Waals surface area contributed by atoms with Gasteiger partial charge in [-0.25, -0.2) is 9.97 Å². The van der Waals surface area contributed by atoms with E-state index >= 15 is 0 Å². The Hall–Kier alpha value is -7.33. The number of nitrogens with one attached hydrogen (secondary N) is 4. The molecule has 8 rings (SSSR count). The Kier molecular flexibility index (Phi) is 12.9. The summed E-state index contributed by atoms with van der Waals surface area (Å²) in [4.78, 5) is 95.1. The minimum absolute atomic E-state index is 0.0678. The molecule has 0 radical (unpaired) electrons. The number of pyridine rings is 1. The molecule has 5 aromatic rings. The number of unbranched alkanes of at least 4 members (excludes halogenated alkanes) is 1. The van der Waals surface area contributed by atoms with Crippen LogP contribution in [0.2, 0.25) is 0 Å². The number of rotatable bonds is 14. The fourth-order valence-electron chi connectivity index (χ4n) is 8.06. The summed E-state index contributed by atoms with van der Waals surface area (Å²) < 4.78 is 0. The first-order valence-electron chi connectivity index (χ1n) is 21.2. The number of nitrogens with zero attached hydrogens (tertiary/aromatic N) is 6. The molecule has 16 heteroatoms. The van der Waals surface area contributed by atoms with Gasteiger partial charge in [-0.1, -0.05) is 24.3 Å². The predicted octanol–water partition coefficient (Wildman–Crippen LogP) is 5.45. The summed E-state index contributed by atoms with van der Waals surface area (Å²) in [5.74, 6) is -1.07. The minimum Gasteiger partial charge on any atom is -0.340 e. The average Bonchev–Trinajstić information content (AvgIpc) is 3.63. The Morgan fingerprint density at radius 3 is 2.43 bits per heavy atom. The molecule has 2 aromatic heterocycles. The van der Waals surface area contributed by atoms with Crippen LogP contribution in [0.15, 0.2) is 97.5 Å². The molecule has 3 aromatic carbocycles. The molecule has 63 heavy (non-hydrogen) atoms. The lowest BCUT2D eigenvalue weighted by atomic mass is 10.0. The highest BCUT2D eigenvalue weighted by atomic mass is 16.2. The van der Waals surface area contributed by atoms with E-state index in [1.165, 1.54) is 4.90 Å². The van der Waals surface area contributed by atoms with Crippen LogP contribution in [-0.2, 0) is 32.3 Å². The third-order valence-electron chi connectivity index (χ3n) is 11.6. The lowest BCUT2D eigenvalue weighted by Crippen LogP contribution is -2.52. The van der Waals surface area contributed by atoms with E-state index < -0.39 is 11.9 Å². The predicted molar refractivity (Wildman–Crippen MR) is 236 cm³/mol. The molecule has 4 N–H and O–H groups in total. The summed E-state index contributed by atoms with van der Waals surface area (Å²) in [5.41, 5.74) is 7.20. The zero-order valence-electron chi connectivity index (χ0n) is 34.9. The molecular weight excluding hydrogens is 801 g/mol. The zero-order valence-corrected chi connectivity index (χ0v) is 34.9. The van der Waals surface area contributed by atoms with E-state index in [2.05, 4.69) is 41.1 Å². The second kappa shape index (κ2) is 19.2. The average molecular weight is 849 g/mol. The van der Waals surface area contributed by atoms with Gasteiger partial charge in [0.1, 0.15) is 6.04 Å². The number of piperazine rings is 1. The van der Waals surface area contributed by atoms with Crippen molar-refractivity contribution < 1.29 is 28.8 Å². The largest absolute Gasteiger partial charge is 0.340 e. The Bertz CT molecular complexity index is 2540.